The maximum Gasteiger partial charge on any atom is 0.226 e. The zero-order valence-corrected chi connectivity index (χ0v) is 16.2. The molecular formula is C18H22Cl3N3O. The van der Waals surface area contributed by atoms with Crippen LogP contribution >= 0.6 is 34.8 Å². The van der Waals surface area contributed by atoms with Crippen molar-refractivity contribution in [2.75, 3.05) is 18.4 Å². The third-order valence-corrected chi connectivity index (χ3v) is 6.92. The van der Waals surface area contributed by atoms with E-state index in [4.69, 9.17) is 34.8 Å². The number of halogens is 3. The molecule has 2 unspecified atom stereocenters. The fourth-order valence-corrected chi connectivity index (χ4v) is 6.64. The van der Waals surface area contributed by atoms with Crippen LogP contribution in [0.2, 0.25) is 10.0 Å². The van der Waals surface area contributed by atoms with Crippen molar-refractivity contribution in [3.05, 3.63) is 22.3 Å². The number of aromatic nitrogens is 1. The van der Waals surface area contributed by atoms with E-state index in [9.17, 15) is 4.79 Å². The van der Waals surface area contributed by atoms with E-state index >= 15 is 0 Å². The van der Waals surface area contributed by atoms with Crippen LogP contribution < -0.4 is 10.6 Å². The molecular weight excluding hydrogens is 381 g/mol. The van der Waals surface area contributed by atoms with Gasteiger partial charge in [0.05, 0.1) is 15.5 Å². The minimum atomic E-state index is -0.248. The van der Waals surface area contributed by atoms with E-state index in [0.29, 0.717) is 40.8 Å². The number of hydrogen-bond donors (Lipinski definition) is 2. The SMILES string of the molecule is O=C(NCCNc1ncc(Cl)cc1Cl)C12CC3CC(CC(Cl)(C3)C1)C2. The molecule has 2 N–H and O–H groups in total. The number of nitrogens with zero attached hydrogens (tertiary/aromatic N) is 1. The highest BCUT2D eigenvalue weighted by Gasteiger charge is 2.59. The summed E-state index contributed by atoms with van der Waals surface area (Å²) in [5.74, 6) is 2.00. The fraction of sp³-hybridized carbons (Fsp3) is 0.667. The molecule has 0 aromatic carbocycles. The molecule has 4 fully saturated rings. The summed E-state index contributed by atoms with van der Waals surface area (Å²) in [7, 11) is 0. The minimum absolute atomic E-state index is 0.138. The molecule has 0 spiro atoms. The van der Waals surface area contributed by atoms with E-state index in [1.165, 1.54) is 6.42 Å². The Morgan fingerprint density at radius 1 is 1.20 bits per heavy atom. The zero-order chi connectivity index (χ0) is 17.7. The Morgan fingerprint density at radius 2 is 1.92 bits per heavy atom. The van der Waals surface area contributed by atoms with Crippen molar-refractivity contribution < 1.29 is 4.79 Å². The van der Waals surface area contributed by atoms with Crippen LogP contribution in [0.5, 0.6) is 0 Å². The van der Waals surface area contributed by atoms with E-state index in [2.05, 4.69) is 15.6 Å². The normalized spacial score (nSPS) is 35.6. The van der Waals surface area contributed by atoms with Crippen molar-refractivity contribution in [1.29, 1.82) is 0 Å². The third kappa shape index (κ3) is 3.45. The molecule has 4 aliphatic carbocycles. The van der Waals surface area contributed by atoms with Crippen molar-refractivity contribution in [2.45, 2.75) is 43.4 Å². The second-order valence-corrected chi connectivity index (χ2v) is 9.70. The molecule has 0 aliphatic heterocycles. The van der Waals surface area contributed by atoms with E-state index in [1.54, 1.807) is 12.3 Å². The Morgan fingerprint density at radius 3 is 2.56 bits per heavy atom. The quantitative estimate of drug-likeness (QED) is 0.563. The number of hydrogen-bond acceptors (Lipinski definition) is 3. The van der Waals surface area contributed by atoms with Crippen LogP contribution in [-0.4, -0.2) is 28.9 Å². The van der Waals surface area contributed by atoms with Crippen LogP contribution in [0.25, 0.3) is 0 Å². The van der Waals surface area contributed by atoms with Gasteiger partial charge in [-0.25, -0.2) is 4.98 Å². The summed E-state index contributed by atoms with van der Waals surface area (Å²) in [6.07, 6.45) is 7.81. The van der Waals surface area contributed by atoms with Crippen LogP contribution in [0.15, 0.2) is 12.3 Å². The first-order valence-electron chi connectivity index (χ1n) is 8.90. The highest BCUT2D eigenvalue weighted by atomic mass is 35.5. The molecule has 4 aliphatic rings. The van der Waals surface area contributed by atoms with Gasteiger partial charge in [0.1, 0.15) is 5.82 Å². The summed E-state index contributed by atoms with van der Waals surface area (Å²) in [5.41, 5.74) is -0.248. The van der Waals surface area contributed by atoms with Crippen LogP contribution in [0.3, 0.4) is 0 Å². The van der Waals surface area contributed by atoms with Gasteiger partial charge in [0.15, 0.2) is 0 Å². The Balaban J connectivity index is 1.32. The van der Waals surface area contributed by atoms with Gasteiger partial charge in [-0.3, -0.25) is 4.79 Å². The van der Waals surface area contributed by atoms with Crippen molar-refractivity contribution in [3.8, 4) is 0 Å². The summed E-state index contributed by atoms with van der Waals surface area (Å²) in [5, 5.41) is 7.21. The van der Waals surface area contributed by atoms with Gasteiger partial charge in [0.2, 0.25) is 5.91 Å². The van der Waals surface area contributed by atoms with Crippen LogP contribution in [0, 0.1) is 17.3 Å². The van der Waals surface area contributed by atoms with Gasteiger partial charge in [-0.1, -0.05) is 23.2 Å². The maximum atomic E-state index is 12.9. The number of nitrogens with one attached hydrogen (secondary N) is 2. The van der Waals surface area contributed by atoms with E-state index in [0.717, 1.165) is 32.1 Å². The topological polar surface area (TPSA) is 54.0 Å². The zero-order valence-electron chi connectivity index (χ0n) is 14.0. The lowest BCUT2D eigenvalue weighted by Crippen LogP contribution is -2.58. The Labute approximate surface area is 163 Å². The number of pyridine rings is 1. The summed E-state index contributed by atoms with van der Waals surface area (Å²) in [6, 6.07) is 1.65. The Kier molecular flexibility index (Phi) is 4.58. The Hall–Kier alpha value is -0.710. The average Bonchev–Trinajstić information content (AvgIpc) is 2.50. The molecule has 136 valence electrons. The molecule has 7 heteroatoms. The number of carbonyl (C=O) groups excluding carboxylic acids is 1. The number of rotatable bonds is 5. The molecule has 1 aromatic rings. The molecule has 4 bridgehead atoms. The molecule has 0 saturated heterocycles. The van der Waals surface area contributed by atoms with Crippen molar-refractivity contribution in [3.63, 3.8) is 0 Å². The van der Waals surface area contributed by atoms with Crippen molar-refractivity contribution in [1.82, 2.24) is 10.3 Å². The summed E-state index contributed by atoms with van der Waals surface area (Å²) in [4.78, 5) is 16.9. The van der Waals surface area contributed by atoms with Crippen LogP contribution in [0.4, 0.5) is 5.82 Å². The lowest BCUT2D eigenvalue weighted by Gasteiger charge is -2.59. The van der Waals surface area contributed by atoms with E-state index in [1.807, 2.05) is 0 Å². The highest BCUT2D eigenvalue weighted by molar-refractivity contribution is 6.35. The van der Waals surface area contributed by atoms with E-state index in [-0.39, 0.29) is 16.2 Å². The molecule has 1 heterocycles. The number of alkyl halides is 1. The second-order valence-electron chi connectivity index (χ2n) is 8.06. The maximum absolute atomic E-state index is 12.9. The molecule has 4 saturated carbocycles. The molecule has 25 heavy (non-hydrogen) atoms. The van der Waals surface area contributed by atoms with Crippen LogP contribution in [0.1, 0.15) is 38.5 Å². The molecule has 5 rings (SSSR count). The Bertz CT molecular complexity index is 682. The summed E-state index contributed by atoms with van der Waals surface area (Å²) in [6.45, 7) is 1.10. The first kappa shape index (κ1) is 17.7. The van der Waals surface area contributed by atoms with Crippen molar-refractivity contribution >= 4 is 46.5 Å². The first-order chi connectivity index (χ1) is 11.9. The standard InChI is InChI=1S/C18H22Cl3N3O/c19-13-4-14(20)15(24-9-13)22-1-2-23-16(25)17-5-11-3-12(6-17)8-18(21,7-11)10-17/h4,9,11-12H,1-3,5-8,10H2,(H,22,24)(H,23,25). The summed E-state index contributed by atoms with van der Waals surface area (Å²) < 4.78 is 0. The molecule has 0 radical (unpaired) electrons. The fourth-order valence-electron chi connectivity index (χ4n) is 5.51. The lowest BCUT2D eigenvalue weighted by molar-refractivity contribution is -0.144. The van der Waals surface area contributed by atoms with Gasteiger partial charge >= 0.3 is 0 Å². The lowest BCUT2D eigenvalue weighted by atomic mass is 9.49. The largest absolute Gasteiger partial charge is 0.367 e. The van der Waals surface area contributed by atoms with Gasteiger partial charge in [-0.2, -0.15) is 0 Å². The smallest absolute Gasteiger partial charge is 0.226 e. The summed E-state index contributed by atoms with van der Waals surface area (Å²) >= 11 is 18.7. The second kappa shape index (κ2) is 6.47. The molecule has 2 atom stereocenters. The molecule has 1 aromatic heterocycles. The van der Waals surface area contributed by atoms with E-state index < -0.39 is 0 Å². The van der Waals surface area contributed by atoms with Gasteiger partial charge in [-0.15, -0.1) is 11.6 Å². The van der Waals surface area contributed by atoms with Gasteiger partial charge in [0, 0.05) is 24.2 Å². The minimum Gasteiger partial charge on any atom is -0.367 e. The average molecular weight is 403 g/mol. The van der Waals surface area contributed by atoms with Crippen LogP contribution in [-0.2, 0) is 4.79 Å². The van der Waals surface area contributed by atoms with Crippen molar-refractivity contribution in [2.24, 2.45) is 17.3 Å². The van der Waals surface area contributed by atoms with Gasteiger partial charge in [-0.05, 0) is 56.4 Å². The predicted molar refractivity (Wildman–Crippen MR) is 101 cm³/mol. The van der Waals surface area contributed by atoms with Gasteiger partial charge in [0.25, 0.3) is 0 Å². The molecule has 1 amide bonds. The highest BCUT2D eigenvalue weighted by Crippen LogP contribution is 2.63. The number of carbonyl (C=O) groups is 1. The third-order valence-electron chi connectivity index (χ3n) is 5.98. The molecule has 4 nitrogen and oxygen atoms in total. The van der Waals surface area contributed by atoms with Gasteiger partial charge < -0.3 is 10.6 Å². The predicted octanol–water partition coefficient (Wildman–Crippen LogP) is 4.49. The monoisotopic (exact) mass is 401 g/mol. The first-order valence-corrected chi connectivity index (χ1v) is 10.0. The number of anilines is 1. The number of amides is 1.